The fraction of sp³-hybridized carbons (Fsp3) is 0.300. The van der Waals surface area contributed by atoms with Crippen LogP contribution in [0.4, 0.5) is 0 Å². The molecule has 8 heteroatoms. The number of nitrogens with zero attached hydrogens (tertiary/aromatic N) is 1. The maximum Gasteiger partial charge on any atom is 0.338 e. The Labute approximate surface area is 163 Å². The molecule has 0 bridgehead atoms. The van der Waals surface area contributed by atoms with Crippen LogP contribution in [0.25, 0.3) is 0 Å². The Bertz CT molecular complexity index is 869. The zero-order valence-electron chi connectivity index (χ0n) is 16.2. The molecule has 1 unspecified atom stereocenters. The highest BCUT2D eigenvalue weighted by molar-refractivity contribution is 5.92. The zero-order valence-corrected chi connectivity index (χ0v) is 16.2. The van der Waals surface area contributed by atoms with Crippen molar-refractivity contribution >= 4 is 5.97 Å². The third-order valence-corrected chi connectivity index (χ3v) is 4.18. The summed E-state index contributed by atoms with van der Waals surface area (Å²) in [4.78, 5) is 12.7. The van der Waals surface area contributed by atoms with Gasteiger partial charge in [0.2, 0.25) is 11.6 Å². The SMILES string of the molecule is C=CCOC(=O)C1=C(C)OC(N)=C(C#N)C1c1cc(OC)c(OC)c(OC)c1. The van der Waals surface area contributed by atoms with Gasteiger partial charge in [0.25, 0.3) is 0 Å². The van der Waals surface area contributed by atoms with E-state index in [0.29, 0.717) is 22.8 Å². The van der Waals surface area contributed by atoms with Crippen molar-refractivity contribution in [2.24, 2.45) is 5.73 Å². The third-order valence-electron chi connectivity index (χ3n) is 4.18. The number of hydrogen-bond donors (Lipinski definition) is 1. The van der Waals surface area contributed by atoms with Crippen LogP contribution in [0.1, 0.15) is 18.4 Å². The predicted octanol–water partition coefficient (Wildman–Crippen LogP) is 2.52. The third kappa shape index (κ3) is 3.74. The first-order valence-corrected chi connectivity index (χ1v) is 8.29. The minimum absolute atomic E-state index is 0.0126. The van der Waals surface area contributed by atoms with Crippen LogP contribution in [0.5, 0.6) is 17.2 Å². The number of nitriles is 1. The normalized spacial score (nSPS) is 16.0. The largest absolute Gasteiger partial charge is 0.493 e. The molecule has 0 fully saturated rings. The minimum Gasteiger partial charge on any atom is -0.493 e. The van der Waals surface area contributed by atoms with Crippen LogP contribution < -0.4 is 19.9 Å². The van der Waals surface area contributed by atoms with Gasteiger partial charge in [0.05, 0.1) is 32.8 Å². The maximum absolute atomic E-state index is 12.7. The predicted molar refractivity (Wildman–Crippen MR) is 101 cm³/mol. The van der Waals surface area contributed by atoms with Gasteiger partial charge in [0, 0.05) is 0 Å². The molecule has 0 amide bonds. The number of carbonyl (C=O) groups is 1. The first-order chi connectivity index (χ1) is 13.4. The van der Waals surface area contributed by atoms with E-state index < -0.39 is 11.9 Å². The Hall–Kier alpha value is -3.60. The molecular formula is C20H22N2O6. The molecule has 1 heterocycles. The van der Waals surface area contributed by atoms with Gasteiger partial charge in [0.1, 0.15) is 24.0 Å². The van der Waals surface area contributed by atoms with E-state index in [1.165, 1.54) is 27.4 Å². The van der Waals surface area contributed by atoms with Crippen molar-refractivity contribution in [2.45, 2.75) is 12.8 Å². The molecule has 0 aliphatic carbocycles. The lowest BCUT2D eigenvalue weighted by atomic mass is 9.83. The number of rotatable bonds is 7. The lowest BCUT2D eigenvalue weighted by molar-refractivity contribution is -0.138. The second kappa shape index (κ2) is 8.86. The highest BCUT2D eigenvalue weighted by atomic mass is 16.5. The summed E-state index contributed by atoms with van der Waals surface area (Å²) in [6, 6.07) is 5.32. The number of nitrogens with two attached hydrogens (primary N) is 1. The van der Waals surface area contributed by atoms with Gasteiger partial charge in [0.15, 0.2) is 11.5 Å². The van der Waals surface area contributed by atoms with Gasteiger partial charge >= 0.3 is 5.97 Å². The van der Waals surface area contributed by atoms with Crippen molar-refractivity contribution in [3.05, 3.63) is 53.1 Å². The number of hydrogen-bond acceptors (Lipinski definition) is 8. The first-order valence-electron chi connectivity index (χ1n) is 8.29. The topological polar surface area (TPSA) is 113 Å². The molecule has 0 spiro atoms. The van der Waals surface area contributed by atoms with Crippen molar-refractivity contribution < 1.29 is 28.5 Å². The quantitative estimate of drug-likeness (QED) is 0.562. The van der Waals surface area contributed by atoms with Crippen LogP contribution in [0.15, 0.2) is 47.6 Å². The van der Waals surface area contributed by atoms with Crippen LogP contribution in [-0.2, 0) is 14.3 Å². The highest BCUT2D eigenvalue weighted by Crippen LogP contribution is 2.45. The smallest absolute Gasteiger partial charge is 0.338 e. The van der Waals surface area contributed by atoms with Gasteiger partial charge < -0.3 is 29.4 Å². The van der Waals surface area contributed by atoms with Crippen LogP contribution in [0.3, 0.4) is 0 Å². The second-order valence-electron chi connectivity index (χ2n) is 5.74. The van der Waals surface area contributed by atoms with E-state index in [1.807, 2.05) is 6.07 Å². The van der Waals surface area contributed by atoms with E-state index in [2.05, 4.69) is 6.58 Å². The monoisotopic (exact) mass is 386 g/mol. The minimum atomic E-state index is -0.829. The average molecular weight is 386 g/mol. The van der Waals surface area contributed by atoms with Crippen LogP contribution in [0.2, 0.25) is 0 Å². The Morgan fingerprint density at radius 1 is 1.29 bits per heavy atom. The molecule has 0 radical (unpaired) electrons. The summed E-state index contributed by atoms with van der Waals surface area (Å²) < 4.78 is 26.7. The number of methoxy groups -OCH3 is 3. The zero-order chi connectivity index (χ0) is 20.8. The number of allylic oxidation sites excluding steroid dienone is 2. The summed E-state index contributed by atoms with van der Waals surface area (Å²) in [6.45, 7) is 5.12. The van der Waals surface area contributed by atoms with E-state index in [9.17, 15) is 10.1 Å². The molecule has 8 nitrogen and oxygen atoms in total. The first kappa shape index (κ1) is 20.7. The number of benzene rings is 1. The van der Waals surface area contributed by atoms with Crippen molar-refractivity contribution in [2.75, 3.05) is 27.9 Å². The van der Waals surface area contributed by atoms with Crippen LogP contribution in [0, 0.1) is 11.3 Å². The van der Waals surface area contributed by atoms with Gasteiger partial charge in [-0.3, -0.25) is 0 Å². The molecule has 0 saturated heterocycles. The fourth-order valence-corrected chi connectivity index (χ4v) is 2.96. The average Bonchev–Trinajstić information content (AvgIpc) is 2.70. The van der Waals surface area contributed by atoms with Gasteiger partial charge in [-0.2, -0.15) is 5.26 Å². The summed E-state index contributed by atoms with van der Waals surface area (Å²) >= 11 is 0. The summed E-state index contributed by atoms with van der Waals surface area (Å²) in [5.41, 5.74) is 6.67. The molecule has 0 aromatic heterocycles. The Morgan fingerprint density at radius 2 is 1.89 bits per heavy atom. The highest BCUT2D eigenvalue weighted by Gasteiger charge is 2.37. The number of ether oxygens (including phenoxy) is 5. The molecule has 1 aromatic rings. The Kier molecular flexibility index (Phi) is 6.55. The van der Waals surface area contributed by atoms with Crippen LogP contribution in [-0.4, -0.2) is 33.9 Å². The molecule has 28 heavy (non-hydrogen) atoms. The molecule has 1 atom stereocenters. The van der Waals surface area contributed by atoms with Crippen molar-refractivity contribution in [3.63, 3.8) is 0 Å². The molecule has 1 aliphatic rings. The summed E-state index contributed by atoms with van der Waals surface area (Å²) in [5.74, 6) is -0.191. The van der Waals surface area contributed by atoms with Gasteiger partial charge in [-0.15, -0.1) is 0 Å². The number of carbonyl (C=O) groups excluding carboxylic acids is 1. The van der Waals surface area contributed by atoms with E-state index in [4.69, 9.17) is 29.4 Å². The van der Waals surface area contributed by atoms with Gasteiger partial charge in [-0.05, 0) is 24.6 Å². The van der Waals surface area contributed by atoms with Gasteiger partial charge in [-0.25, -0.2) is 4.79 Å². The molecule has 2 N–H and O–H groups in total. The maximum atomic E-state index is 12.7. The fourth-order valence-electron chi connectivity index (χ4n) is 2.96. The summed E-state index contributed by atoms with van der Waals surface area (Å²) in [6.07, 6.45) is 1.45. The molecule has 148 valence electrons. The van der Waals surface area contributed by atoms with Crippen LogP contribution >= 0.6 is 0 Å². The summed E-state index contributed by atoms with van der Waals surface area (Å²) in [5, 5.41) is 9.66. The lowest BCUT2D eigenvalue weighted by Gasteiger charge is -2.27. The van der Waals surface area contributed by atoms with Crippen molar-refractivity contribution in [1.29, 1.82) is 5.26 Å². The standard InChI is InChI=1S/C20H22N2O6/c1-6-7-27-20(23)16-11(2)28-19(22)13(10-21)17(16)12-8-14(24-3)18(26-5)15(9-12)25-4/h6,8-9,17H,1,7,22H2,2-5H3. The van der Waals surface area contributed by atoms with E-state index in [0.717, 1.165) is 0 Å². The Morgan fingerprint density at radius 3 is 2.36 bits per heavy atom. The molecule has 2 rings (SSSR count). The lowest BCUT2D eigenvalue weighted by Crippen LogP contribution is -2.25. The van der Waals surface area contributed by atoms with Crippen molar-refractivity contribution in [3.8, 4) is 23.3 Å². The molecule has 1 aliphatic heterocycles. The molecular weight excluding hydrogens is 364 g/mol. The molecule has 1 aromatic carbocycles. The second-order valence-corrected chi connectivity index (χ2v) is 5.74. The van der Waals surface area contributed by atoms with Gasteiger partial charge in [-0.1, -0.05) is 12.7 Å². The van der Waals surface area contributed by atoms with E-state index in [-0.39, 0.29) is 29.4 Å². The van der Waals surface area contributed by atoms with E-state index >= 15 is 0 Å². The van der Waals surface area contributed by atoms with E-state index in [1.54, 1.807) is 19.1 Å². The summed E-state index contributed by atoms with van der Waals surface area (Å²) in [7, 11) is 4.43. The van der Waals surface area contributed by atoms with Crippen molar-refractivity contribution in [1.82, 2.24) is 0 Å². The number of esters is 1. The Balaban J connectivity index is 2.72. The molecule has 0 saturated carbocycles.